The van der Waals surface area contributed by atoms with Gasteiger partial charge in [0.2, 0.25) is 7.28 Å². The molecule has 1 radical (unpaired) electrons. The van der Waals surface area contributed by atoms with Gasteiger partial charge in [0.1, 0.15) is 11.7 Å². The summed E-state index contributed by atoms with van der Waals surface area (Å²) in [6.45, 7) is 6.06. The Morgan fingerprint density at radius 3 is 2.52 bits per heavy atom. The van der Waals surface area contributed by atoms with Crippen molar-refractivity contribution in [3.63, 3.8) is 0 Å². The van der Waals surface area contributed by atoms with E-state index in [9.17, 15) is 0 Å². The van der Waals surface area contributed by atoms with Gasteiger partial charge in [-0.25, -0.2) is 0 Å². The molecule has 2 heterocycles. The van der Waals surface area contributed by atoms with E-state index in [4.69, 9.17) is 22.4 Å². The van der Waals surface area contributed by atoms with E-state index in [-0.39, 0.29) is 6.54 Å². The molecule has 1 aromatic carbocycles. The first-order valence-corrected chi connectivity index (χ1v) is 7.78. The maximum atomic E-state index is 8.27. The molecule has 0 aromatic heterocycles. The molecular formula is C17H17BClN4. The Morgan fingerprint density at radius 2 is 1.91 bits per heavy atom. The number of nitrogens with one attached hydrogen (secondary N) is 2. The van der Waals surface area contributed by atoms with Crippen LogP contribution < -0.4 is 0 Å². The molecule has 4 nitrogen and oxygen atoms in total. The predicted octanol–water partition coefficient (Wildman–Crippen LogP) is 3.64. The molecule has 0 saturated heterocycles. The maximum Gasteiger partial charge on any atom is 0.210 e. The van der Waals surface area contributed by atoms with Gasteiger partial charge in [-0.2, -0.15) is 0 Å². The lowest BCUT2D eigenvalue weighted by Gasteiger charge is -2.24. The zero-order chi connectivity index (χ0) is 16.7. The smallest absolute Gasteiger partial charge is 0.210 e. The minimum atomic E-state index is 0.251. The monoisotopic (exact) mass is 323 g/mol. The first-order chi connectivity index (χ1) is 10.9. The van der Waals surface area contributed by atoms with Gasteiger partial charge in [-0.1, -0.05) is 41.7 Å². The molecule has 2 aliphatic heterocycles. The van der Waals surface area contributed by atoms with Crippen molar-refractivity contribution in [2.24, 2.45) is 4.99 Å². The summed E-state index contributed by atoms with van der Waals surface area (Å²) >= 11 is 6.00. The minimum absolute atomic E-state index is 0.251. The lowest BCUT2D eigenvalue weighted by Crippen LogP contribution is -2.36. The van der Waals surface area contributed by atoms with E-state index in [1.54, 1.807) is 11.8 Å². The van der Waals surface area contributed by atoms with Crippen LogP contribution in [-0.4, -0.2) is 36.1 Å². The van der Waals surface area contributed by atoms with Crippen LogP contribution in [0, 0.1) is 10.8 Å². The zero-order valence-corrected chi connectivity index (χ0v) is 14.1. The summed E-state index contributed by atoms with van der Waals surface area (Å²) in [6, 6.07) is 7.59. The molecule has 0 saturated carbocycles. The second-order valence-electron chi connectivity index (χ2n) is 5.75. The van der Waals surface area contributed by atoms with E-state index >= 15 is 0 Å². The topological polar surface area (TPSA) is 63.3 Å². The van der Waals surface area contributed by atoms with Crippen LogP contribution in [0.4, 0.5) is 0 Å². The summed E-state index contributed by atoms with van der Waals surface area (Å²) < 4.78 is 0. The van der Waals surface area contributed by atoms with E-state index in [0.717, 1.165) is 33.5 Å². The Balaban J connectivity index is 2.21. The SMILES string of the molecule is CC(=N)N1C(=N)CN=C(c2ccc(Cl)cc2)C2=C1[B]C(C)=C2C. The number of hydrogen-bond donors (Lipinski definition) is 2. The second-order valence-corrected chi connectivity index (χ2v) is 6.19. The molecule has 0 atom stereocenters. The highest BCUT2D eigenvalue weighted by molar-refractivity contribution is 6.58. The van der Waals surface area contributed by atoms with Gasteiger partial charge < -0.3 is 0 Å². The molecule has 0 fully saturated rings. The molecule has 1 aromatic rings. The van der Waals surface area contributed by atoms with Gasteiger partial charge in [0.05, 0.1) is 12.3 Å². The van der Waals surface area contributed by atoms with Crippen molar-refractivity contribution in [2.75, 3.05) is 6.54 Å². The molecule has 23 heavy (non-hydrogen) atoms. The van der Waals surface area contributed by atoms with Crippen molar-refractivity contribution in [3.05, 3.63) is 57.1 Å². The van der Waals surface area contributed by atoms with Gasteiger partial charge >= 0.3 is 0 Å². The molecular weight excluding hydrogens is 306 g/mol. The highest BCUT2D eigenvalue weighted by atomic mass is 35.5. The molecule has 115 valence electrons. The van der Waals surface area contributed by atoms with Crippen molar-refractivity contribution >= 4 is 36.3 Å². The third-order valence-corrected chi connectivity index (χ3v) is 4.42. The highest BCUT2D eigenvalue weighted by Gasteiger charge is 2.32. The fraction of sp³-hybridized carbons (Fsp3) is 0.235. The van der Waals surface area contributed by atoms with Gasteiger partial charge in [-0.05, 0) is 31.6 Å². The minimum Gasteiger partial charge on any atom is -0.298 e. The quantitative estimate of drug-likeness (QED) is 0.462. The second kappa shape index (κ2) is 5.82. The van der Waals surface area contributed by atoms with Gasteiger partial charge in [-0.15, -0.1) is 0 Å². The summed E-state index contributed by atoms with van der Waals surface area (Å²) in [6.07, 6.45) is 0. The number of benzene rings is 1. The van der Waals surface area contributed by atoms with E-state index < -0.39 is 0 Å². The number of allylic oxidation sites excluding steroid dienone is 3. The summed E-state index contributed by atoms with van der Waals surface area (Å²) in [4.78, 5) is 6.33. The summed E-state index contributed by atoms with van der Waals surface area (Å²) in [5.41, 5.74) is 5.96. The number of nitrogens with zero attached hydrogens (tertiary/aromatic N) is 2. The average molecular weight is 324 g/mol. The Bertz CT molecular complexity index is 802. The lowest BCUT2D eigenvalue weighted by atomic mass is 9.69. The Hall–Kier alpha value is -2.14. The normalized spacial score (nSPS) is 17.8. The zero-order valence-electron chi connectivity index (χ0n) is 13.4. The molecule has 2 N–H and O–H groups in total. The van der Waals surface area contributed by atoms with Gasteiger partial charge in [0.25, 0.3) is 0 Å². The van der Waals surface area contributed by atoms with Crippen molar-refractivity contribution in [2.45, 2.75) is 20.8 Å². The van der Waals surface area contributed by atoms with E-state index in [1.807, 2.05) is 38.5 Å². The van der Waals surface area contributed by atoms with Crippen molar-refractivity contribution in [1.29, 1.82) is 10.8 Å². The number of aliphatic imine (C=N–C) groups is 1. The Kier molecular flexibility index (Phi) is 3.98. The molecule has 0 amide bonds. The van der Waals surface area contributed by atoms with Crippen molar-refractivity contribution in [3.8, 4) is 0 Å². The maximum absolute atomic E-state index is 8.27. The van der Waals surface area contributed by atoms with E-state index in [0.29, 0.717) is 16.7 Å². The molecule has 0 unspecified atom stereocenters. The molecule has 0 bridgehead atoms. The van der Waals surface area contributed by atoms with E-state index in [1.165, 1.54) is 0 Å². The van der Waals surface area contributed by atoms with E-state index in [2.05, 4.69) is 11.9 Å². The van der Waals surface area contributed by atoms with Crippen LogP contribution in [-0.2, 0) is 0 Å². The van der Waals surface area contributed by atoms with Crippen LogP contribution in [0.25, 0.3) is 0 Å². The first-order valence-electron chi connectivity index (χ1n) is 7.40. The Labute approximate surface area is 141 Å². The van der Waals surface area contributed by atoms with Gasteiger partial charge in [-0.3, -0.25) is 20.7 Å². The standard InChI is InChI=1S/C17H17BClN4/c1-9-10(2)18-17-15(9)16(12-4-6-13(19)7-5-12)22-8-14(21)23(17)11(3)20/h4-7,20-21H,8H2,1-3H3. The Morgan fingerprint density at radius 1 is 1.26 bits per heavy atom. The first kappa shape index (κ1) is 15.7. The lowest BCUT2D eigenvalue weighted by molar-refractivity contribution is 0.764. The third-order valence-electron chi connectivity index (χ3n) is 4.16. The van der Waals surface area contributed by atoms with Crippen LogP contribution >= 0.6 is 11.6 Å². The predicted molar refractivity (Wildman–Crippen MR) is 97.0 cm³/mol. The van der Waals surface area contributed by atoms with Gasteiger partial charge in [0, 0.05) is 16.2 Å². The fourth-order valence-electron chi connectivity index (χ4n) is 2.93. The number of halogens is 1. The average Bonchev–Trinajstić information content (AvgIpc) is 2.68. The molecule has 0 spiro atoms. The van der Waals surface area contributed by atoms with Crippen LogP contribution in [0.3, 0.4) is 0 Å². The summed E-state index contributed by atoms with van der Waals surface area (Å²) in [5, 5.41) is 17.0. The van der Waals surface area contributed by atoms with Crippen molar-refractivity contribution in [1.82, 2.24) is 4.90 Å². The number of hydrogen-bond acceptors (Lipinski definition) is 3. The summed E-state index contributed by atoms with van der Waals surface area (Å²) in [5.74, 6) is 0.640. The number of rotatable bonds is 1. The molecule has 3 rings (SSSR count). The van der Waals surface area contributed by atoms with Crippen LogP contribution in [0.15, 0.2) is 51.5 Å². The largest absolute Gasteiger partial charge is 0.298 e. The fourth-order valence-corrected chi connectivity index (χ4v) is 3.05. The summed E-state index contributed by atoms with van der Waals surface area (Å²) in [7, 11) is 2.04. The third kappa shape index (κ3) is 2.66. The molecule has 2 aliphatic rings. The number of amidine groups is 2. The van der Waals surface area contributed by atoms with Crippen molar-refractivity contribution < 1.29 is 0 Å². The van der Waals surface area contributed by atoms with Crippen LogP contribution in [0.1, 0.15) is 26.3 Å². The molecule has 0 aliphatic carbocycles. The molecule has 6 heteroatoms. The highest BCUT2D eigenvalue weighted by Crippen LogP contribution is 2.33. The van der Waals surface area contributed by atoms with Crippen LogP contribution in [0.2, 0.25) is 5.02 Å². The van der Waals surface area contributed by atoms with Gasteiger partial charge in [0.15, 0.2) is 0 Å². The van der Waals surface area contributed by atoms with Crippen LogP contribution in [0.5, 0.6) is 0 Å².